The Hall–Kier alpha value is -1.91. The fourth-order valence-electron chi connectivity index (χ4n) is 2.83. The minimum atomic E-state index is -0.793. The number of oxazole rings is 1. The van der Waals surface area contributed by atoms with Gasteiger partial charge in [0.25, 0.3) is 0 Å². The van der Waals surface area contributed by atoms with Gasteiger partial charge in [0.05, 0.1) is 5.41 Å². The van der Waals surface area contributed by atoms with Gasteiger partial charge in [-0.15, -0.1) is 0 Å². The van der Waals surface area contributed by atoms with Gasteiger partial charge in [0.1, 0.15) is 11.3 Å². The van der Waals surface area contributed by atoms with Gasteiger partial charge in [-0.3, -0.25) is 4.79 Å². The molecule has 2 aromatic rings. The number of benzene rings is 1. The highest BCUT2D eigenvalue weighted by Crippen LogP contribution is 2.41. The van der Waals surface area contributed by atoms with E-state index in [9.17, 15) is 14.3 Å². The first kappa shape index (κ1) is 12.1. The Kier molecular flexibility index (Phi) is 2.77. The van der Waals surface area contributed by atoms with Crippen LogP contribution in [0.5, 0.6) is 0 Å². The maximum Gasteiger partial charge on any atom is 0.310 e. The Morgan fingerprint density at radius 1 is 1.42 bits per heavy atom. The SMILES string of the molecule is O=C(O)C1(Cc2nc3cc(F)ccc3o2)CCCC1. The summed E-state index contributed by atoms with van der Waals surface area (Å²) in [4.78, 5) is 15.7. The predicted octanol–water partition coefficient (Wildman–Crippen LogP) is 3.15. The van der Waals surface area contributed by atoms with Crippen LogP contribution < -0.4 is 0 Å². The van der Waals surface area contributed by atoms with Crippen molar-refractivity contribution in [3.05, 3.63) is 29.9 Å². The lowest BCUT2D eigenvalue weighted by atomic mass is 9.83. The van der Waals surface area contributed by atoms with Crippen LogP contribution in [0, 0.1) is 11.2 Å². The van der Waals surface area contributed by atoms with E-state index in [0.29, 0.717) is 29.8 Å². The highest BCUT2D eigenvalue weighted by atomic mass is 19.1. The summed E-state index contributed by atoms with van der Waals surface area (Å²) in [6.07, 6.45) is 3.41. The number of carboxylic acid groups (broad SMARTS) is 1. The van der Waals surface area contributed by atoms with Gasteiger partial charge in [-0.1, -0.05) is 12.8 Å². The van der Waals surface area contributed by atoms with Gasteiger partial charge >= 0.3 is 5.97 Å². The number of hydrogen-bond donors (Lipinski definition) is 1. The van der Waals surface area contributed by atoms with Gasteiger partial charge in [-0.25, -0.2) is 9.37 Å². The second-order valence-corrected chi connectivity index (χ2v) is 5.19. The fraction of sp³-hybridized carbons (Fsp3) is 0.429. The lowest BCUT2D eigenvalue weighted by Gasteiger charge is -2.21. The van der Waals surface area contributed by atoms with Crippen molar-refractivity contribution in [1.29, 1.82) is 0 Å². The molecule has 0 radical (unpaired) electrons. The van der Waals surface area contributed by atoms with Crippen LogP contribution in [-0.2, 0) is 11.2 Å². The molecule has 0 unspecified atom stereocenters. The van der Waals surface area contributed by atoms with Gasteiger partial charge in [-0.2, -0.15) is 0 Å². The molecule has 1 N–H and O–H groups in total. The Bertz CT molecular complexity index is 629. The minimum Gasteiger partial charge on any atom is -0.481 e. The summed E-state index contributed by atoms with van der Waals surface area (Å²) >= 11 is 0. The van der Waals surface area contributed by atoms with E-state index < -0.39 is 11.4 Å². The molecule has 1 aliphatic carbocycles. The molecule has 19 heavy (non-hydrogen) atoms. The van der Waals surface area contributed by atoms with Crippen LogP contribution in [0.1, 0.15) is 31.6 Å². The number of rotatable bonds is 3. The summed E-state index contributed by atoms with van der Waals surface area (Å²) in [6, 6.07) is 4.12. The van der Waals surface area contributed by atoms with Crippen molar-refractivity contribution in [2.75, 3.05) is 0 Å². The Morgan fingerprint density at radius 2 is 2.16 bits per heavy atom. The molecule has 0 spiro atoms. The quantitative estimate of drug-likeness (QED) is 0.923. The number of aromatic nitrogens is 1. The summed E-state index contributed by atoms with van der Waals surface area (Å²) < 4.78 is 18.6. The molecule has 1 heterocycles. The highest BCUT2D eigenvalue weighted by molar-refractivity contribution is 5.76. The third-order valence-electron chi connectivity index (χ3n) is 3.90. The van der Waals surface area contributed by atoms with Gasteiger partial charge in [0, 0.05) is 12.5 Å². The normalized spacial score (nSPS) is 17.9. The first-order valence-corrected chi connectivity index (χ1v) is 6.37. The Labute approximate surface area is 109 Å². The average Bonchev–Trinajstić information content (AvgIpc) is 2.96. The molecule has 1 fully saturated rings. The van der Waals surface area contributed by atoms with Crippen LogP contribution in [0.3, 0.4) is 0 Å². The summed E-state index contributed by atoms with van der Waals surface area (Å²) in [6.45, 7) is 0. The highest BCUT2D eigenvalue weighted by Gasteiger charge is 2.42. The number of nitrogens with zero attached hydrogens (tertiary/aromatic N) is 1. The molecule has 4 nitrogen and oxygen atoms in total. The lowest BCUT2D eigenvalue weighted by molar-refractivity contribution is -0.148. The number of carbonyl (C=O) groups is 1. The molecule has 0 amide bonds. The molecular weight excluding hydrogens is 249 g/mol. The van der Waals surface area contributed by atoms with Gasteiger partial charge in [0.2, 0.25) is 0 Å². The molecule has 0 bridgehead atoms. The van der Waals surface area contributed by atoms with Gasteiger partial charge < -0.3 is 9.52 Å². The van der Waals surface area contributed by atoms with E-state index in [0.717, 1.165) is 12.8 Å². The molecule has 0 aliphatic heterocycles. The van der Waals surface area contributed by atoms with Crippen molar-refractivity contribution in [3.8, 4) is 0 Å². The van der Waals surface area contributed by atoms with E-state index in [1.807, 2.05) is 0 Å². The van der Waals surface area contributed by atoms with Crippen LogP contribution in [0.2, 0.25) is 0 Å². The Balaban J connectivity index is 1.94. The van der Waals surface area contributed by atoms with E-state index >= 15 is 0 Å². The predicted molar refractivity (Wildman–Crippen MR) is 66.2 cm³/mol. The van der Waals surface area contributed by atoms with Crippen molar-refractivity contribution >= 4 is 17.1 Å². The van der Waals surface area contributed by atoms with Crippen molar-refractivity contribution in [1.82, 2.24) is 4.98 Å². The van der Waals surface area contributed by atoms with E-state index in [2.05, 4.69) is 4.98 Å². The van der Waals surface area contributed by atoms with Gasteiger partial charge in [0.15, 0.2) is 11.5 Å². The van der Waals surface area contributed by atoms with E-state index in [1.54, 1.807) is 0 Å². The summed E-state index contributed by atoms with van der Waals surface area (Å²) in [5, 5.41) is 9.41. The Morgan fingerprint density at radius 3 is 2.84 bits per heavy atom. The molecule has 1 saturated carbocycles. The number of hydrogen-bond acceptors (Lipinski definition) is 3. The zero-order chi connectivity index (χ0) is 13.5. The van der Waals surface area contributed by atoms with Gasteiger partial charge in [-0.05, 0) is 25.0 Å². The summed E-state index contributed by atoms with van der Waals surface area (Å²) in [5.74, 6) is -0.787. The number of carboxylic acids is 1. The number of halogens is 1. The van der Waals surface area contributed by atoms with Crippen molar-refractivity contribution in [2.24, 2.45) is 5.41 Å². The third kappa shape index (κ3) is 2.09. The van der Waals surface area contributed by atoms with Crippen LogP contribution in [0.15, 0.2) is 22.6 Å². The van der Waals surface area contributed by atoms with Crippen molar-refractivity contribution in [3.63, 3.8) is 0 Å². The zero-order valence-corrected chi connectivity index (χ0v) is 10.4. The number of aliphatic carboxylic acids is 1. The minimum absolute atomic E-state index is 0.276. The van der Waals surface area contributed by atoms with Crippen molar-refractivity contribution in [2.45, 2.75) is 32.1 Å². The standard InChI is InChI=1S/C14H14FNO3/c15-9-3-4-11-10(7-9)16-12(19-11)8-14(13(17)18)5-1-2-6-14/h3-4,7H,1-2,5-6,8H2,(H,17,18). The topological polar surface area (TPSA) is 63.3 Å². The maximum absolute atomic E-state index is 13.1. The summed E-state index contributed by atoms with van der Waals surface area (Å²) in [7, 11) is 0. The second-order valence-electron chi connectivity index (χ2n) is 5.19. The monoisotopic (exact) mass is 263 g/mol. The third-order valence-corrected chi connectivity index (χ3v) is 3.90. The molecule has 0 saturated heterocycles. The zero-order valence-electron chi connectivity index (χ0n) is 10.4. The van der Waals surface area contributed by atoms with Crippen LogP contribution >= 0.6 is 0 Å². The molecule has 3 rings (SSSR count). The lowest BCUT2D eigenvalue weighted by Crippen LogP contribution is -2.30. The molecule has 5 heteroatoms. The maximum atomic E-state index is 13.1. The first-order valence-electron chi connectivity index (χ1n) is 6.37. The summed E-state index contributed by atoms with van der Waals surface area (Å²) in [5.41, 5.74) is 0.169. The largest absolute Gasteiger partial charge is 0.481 e. The first-order chi connectivity index (χ1) is 9.09. The molecule has 0 atom stereocenters. The van der Waals surface area contributed by atoms with E-state index in [4.69, 9.17) is 4.42 Å². The average molecular weight is 263 g/mol. The van der Waals surface area contributed by atoms with Crippen LogP contribution in [-0.4, -0.2) is 16.1 Å². The molecule has 100 valence electrons. The molecule has 1 aromatic heterocycles. The van der Waals surface area contributed by atoms with Crippen molar-refractivity contribution < 1.29 is 18.7 Å². The number of fused-ring (bicyclic) bond motifs is 1. The fourth-order valence-corrected chi connectivity index (χ4v) is 2.83. The molecular formula is C14H14FNO3. The van der Waals surface area contributed by atoms with Crippen LogP contribution in [0.4, 0.5) is 4.39 Å². The second kappa shape index (κ2) is 4.33. The van der Waals surface area contributed by atoms with E-state index in [-0.39, 0.29) is 12.2 Å². The molecule has 1 aliphatic rings. The van der Waals surface area contributed by atoms with Crippen LogP contribution in [0.25, 0.3) is 11.1 Å². The smallest absolute Gasteiger partial charge is 0.310 e. The molecule has 1 aromatic carbocycles. The van der Waals surface area contributed by atoms with E-state index in [1.165, 1.54) is 18.2 Å².